The number of ether oxygens (including phenoxy) is 1. The molecule has 94 valence electrons. The number of hydrogen-bond acceptors (Lipinski definition) is 4. The van der Waals surface area contributed by atoms with Gasteiger partial charge in [0.2, 0.25) is 0 Å². The first kappa shape index (κ1) is 12.2. The van der Waals surface area contributed by atoms with Crippen molar-refractivity contribution in [3.8, 4) is 5.75 Å². The van der Waals surface area contributed by atoms with E-state index in [0.29, 0.717) is 11.7 Å². The van der Waals surface area contributed by atoms with Gasteiger partial charge in [0.1, 0.15) is 5.75 Å². The van der Waals surface area contributed by atoms with Crippen molar-refractivity contribution in [1.29, 1.82) is 0 Å². The molecule has 4 nitrogen and oxygen atoms in total. The smallest absolute Gasteiger partial charge is 0.138 e. The molecular weight excluding hydrogens is 216 g/mol. The summed E-state index contributed by atoms with van der Waals surface area (Å²) in [7, 11) is 2.10. The number of hydrogen-bond donors (Lipinski definition) is 2. The van der Waals surface area contributed by atoms with Gasteiger partial charge in [-0.25, -0.2) is 0 Å². The van der Waals surface area contributed by atoms with Crippen LogP contribution in [-0.4, -0.2) is 35.8 Å². The summed E-state index contributed by atoms with van der Waals surface area (Å²) in [4.78, 5) is 2.28. The Kier molecular flexibility index (Phi) is 3.54. The average molecular weight is 236 g/mol. The monoisotopic (exact) mass is 236 g/mol. The highest BCUT2D eigenvalue weighted by Gasteiger charge is 2.27. The van der Waals surface area contributed by atoms with Crippen LogP contribution in [0, 0.1) is 0 Å². The lowest BCUT2D eigenvalue weighted by Gasteiger charge is -2.26. The Balaban J connectivity index is 2.02. The maximum atomic E-state index is 9.37. The lowest BCUT2D eigenvalue weighted by molar-refractivity contribution is 0.0814. The number of nitrogen functional groups attached to an aromatic ring is 1. The molecule has 1 heterocycles. The topological polar surface area (TPSA) is 58.7 Å². The van der Waals surface area contributed by atoms with E-state index in [1.165, 1.54) is 0 Å². The first-order chi connectivity index (χ1) is 8.08. The van der Waals surface area contributed by atoms with E-state index in [1.807, 2.05) is 12.1 Å². The van der Waals surface area contributed by atoms with E-state index >= 15 is 0 Å². The van der Waals surface area contributed by atoms with Crippen LogP contribution in [0.15, 0.2) is 18.2 Å². The molecule has 0 aliphatic carbocycles. The summed E-state index contributed by atoms with van der Waals surface area (Å²) in [6.07, 6.45) is 1.36. The van der Waals surface area contributed by atoms with Gasteiger partial charge in [-0.05, 0) is 38.1 Å². The van der Waals surface area contributed by atoms with E-state index in [4.69, 9.17) is 10.5 Å². The highest BCUT2D eigenvalue weighted by atomic mass is 16.5. The van der Waals surface area contributed by atoms with Gasteiger partial charge in [0.25, 0.3) is 0 Å². The van der Waals surface area contributed by atoms with Crippen LogP contribution >= 0.6 is 0 Å². The van der Waals surface area contributed by atoms with Crippen molar-refractivity contribution in [3.05, 3.63) is 23.8 Å². The predicted octanol–water partition coefficient (Wildman–Crippen LogP) is 1.58. The van der Waals surface area contributed by atoms with Crippen molar-refractivity contribution in [2.24, 2.45) is 0 Å². The number of benzene rings is 1. The fraction of sp³-hybridized carbons (Fsp3) is 0.538. The van der Waals surface area contributed by atoms with Gasteiger partial charge in [-0.3, -0.25) is 4.90 Å². The second kappa shape index (κ2) is 4.94. The molecule has 1 aliphatic rings. The number of aromatic hydroxyl groups is 1. The number of phenols is 1. The minimum absolute atomic E-state index is 0.147. The maximum Gasteiger partial charge on any atom is 0.138 e. The largest absolute Gasteiger partial charge is 0.506 e. The highest BCUT2D eigenvalue weighted by Crippen LogP contribution is 2.23. The summed E-state index contributed by atoms with van der Waals surface area (Å²) < 4.78 is 5.56. The van der Waals surface area contributed by atoms with Crippen molar-refractivity contribution in [2.45, 2.75) is 32.0 Å². The van der Waals surface area contributed by atoms with E-state index < -0.39 is 0 Å². The molecule has 3 N–H and O–H groups in total. The van der Waals surface area contributed by atoms with Crippen LogP contribution in [0.1, 0.15) is 18.9 Å². The number of phenolic OH excluding ortho intramolecular Hbond substituents is 1. The molecule has 1 saturated heterocycles. The van der Waals surface area contributed by atoms with Crippen LogP contribution < -0.4 is 5.73 Å². The minimum Gasteiger partial charge on any atom is -0.506 e. The predicted molar refractivity (Wildman–Crippen MR) is 67.8 cm³/mol. The molecule has 2 atom stereocenters. The molecule has 2 unspecified atom stereocenters. The SMILES string of the molecule is CC1OCCC1N(C)Cc1ccc(O)c(N)c1. The van der Waals surface area contributed by atoms with Gasteiger partial charge in [0.15, 0.2) is 0 Å². The van der Waals surface area contributed by atoms with Crippen LogP contribution in [0.5, 0.6) is 5.75 Å². The third-order valence-electron chi connectivity index (χ3n) is 3.43. The Hall–Kier alpha value is -1.26. The number of anilines is 1. The molecule has 17 heavy (non-hydrogen) atoms. The molecule has 2 rings (SSSR count). The van der Waals surface area contributed by atoms with E-state index in [2.05, 4.69) is 18.9 Å². The fourth-order valence-electron chi connectivity index (χ4n) is 2.41. The van der Waals surface area contributed by atoms with E-state index in [9.17, 15) is 5.11 Å². The summed E-state index contributed by atoms with van der Waals surface area (Å²) in [6, 6.07) is 5.84. The van der Waals surface area contributed by atoms with Gasteiger partial charge in [-0.2, -0.15) is 0 Å². The average Bonchev–Trinajstić information content (AvgIpc) is 2.70. The summed E-state index contributed by atoms with van der Waals surface area (Å²) in [5, 5.41) is 9.37. The zero-order chi connectivity index (χ0) is 12.4. The van der Waals surface area contributed by atoms with Gasteiger partial charge in [-0.15, -0.1) is 0 Å². The third kappa shape index (κ3) is 2.70. The molecule has 0 amide bonds. The highest BCUT2D eigenvalue weighted by molar-refractivity contribution is 5.53. The molecular formula is C13H20N2O2. The number of nitrogens with zero attached hydrogens (tertiary/aromatic N) is 1. The standard InChI is InChI=1S/C13H20N2O2/c1-9-12(5-6-17-9)15(2)8-10-3-4-13(16)11(14)7-10/h3-4,7,9,12,16H,5-6,8,14H2,1-2H3. The van der Waals surface area contributed by atoms with Crippen molar-refractivity contribution >= 4 is 5.69 Å². The summed E-state index contributed by atoms with van der Waals surface area (Å²) in [5.74, 6) is 0.147. The second-order valence-corrected chi connectivity index (χ2v) is 4.74. The van der Waals surface area contributed by atoms with Gasteiger partial charge in [0.05, 0.1) is 11.8 Å². The molecule has 0 spiro atoms. The zero-order valence-electron chi connectivity index (χ0n) is 10.4. The Labute approximate surface area is 102 Å². The minimum atomic E-state index is 0.147. The molecule has 0 saturated carbocycles. The molecule has 0 aromatic heterocycles. The first-order valence-corrected chi connectivity index (χ1v) is 5.97. The van der Waals surface area contributed by atoms with Crippen LogP contribution in [0.25, 0.3) is 0 Å². The number of likely N-dealkylation sites (N-methyl/N-ethyl adjacent to an activating group) is 1. The van der Waals surface area contributed by atoms with Crippen molar-refractivity contribution in [2.75, 3.05) is 19.4 Å². The van der Waals surface area contributed by atoms with Crippen LogP contribution in [0.2, 0.25) is 0 Å². The van der Waals surface area contributed by atoms with Crippen LogP contribution in [0.3, 0.4) is 0 Å². The molecule has 1 fully saturated rings. The van der Waals surface area contributed by atoms with Crippen molar-refractivity contribution < 1.29 is 9.84 Å². The summed E-state index contributed by atoms with van der Waals surface area (Å²) >= 11 is 0. The summed E-state index contributed by atoms with van der Waals surface area (Å²) in [5.41, 5.74) is 7.23. The van der Waals surface area contributed by atoms with E-state index in [-0.39, 0.29) is 11.9 Å². The second-order valence-electron chi connectivity index (χ2n) is 4.74. The molecule has 1 aliphatic heterocycles. The molecule has 0 radical (unpaired) electrons. The van der Waals surface area contributed by atoms with E-state index in [1.54, 1.807) is 6.07 Å². The lowest BCUT2D eigenvalue weighted by Crippen LogP contribution is -2.36. The first-order valence-electron chi connectivity index (χ1n) is 5.97. The summed E-state index contributed by atoms with van der Waals surface area (Å²) in [6.45, 7) is 3.77. The van der Waals surface area contributed by atoms with Gasteiger partial charge in [-0.1, -0.05) is 6.07 Å². The Morgan fingerprint density at radius 2 is 2.29 bits per heavy atom. The maximum absolute atomic E-state index is 9.37. The Morgan fingerprint density at radius 3 is 2.88 bits per heavy atom. The zero-order valence-corrected chi connectivity index (χ0v) is 10.4. The Morgan fingerprint density at radius 1 is 1.53 bits per heavy atom. The lowest BCUT2D eigenvalue weighted by atomic mass is 10.1. The van der Waals surface area contributed by atoms with Gasteiger partial charge < -0.3 is 15.6 Å². The van der Waals surface area contributed by atoms with Crippen molar-refractivity contribution in [1.82, 2.24) is 4.90 Å². The third-order valence-corrected chi connectivity index (χ3v) is 3.43. The quantitative estimate of drug-likeness (QED) is 0.618. The normalized spacial score (nSPS) is 24.4. The van der Waals surface area contributed by atoms with Gasteiger partial charge >= 0.3 is 0 Å². The molecule has 0 bridgehead atoms. The molecule has 1 aromatic rings. The van der Waals surface area contributed by atoms with Gasteiger partial charge in [0, 0.05) is 19.2 Å². The van der Waals surface area contributed by atoms with Crippen LogP contribution in [0.4, 0.5) is 5.69 Å². The Bertz CT molecular complexity index is 395. The molecule has 1 aromatic carbocycles. The number of rotatable bonds is 3. The number of nitrogens with two attached hydrogens (primary N) is 1. The van der Waals surface area contributed by atoms with Crippen molar-refractivity contribution in [3.63, 3.8) is 0 Å². The molecule has 4 heteroatoms. The fourth-order valence-corrected chi connectivity index (χ4v) is 2.41. The van der Waals surface area contributed by atoms with Crippen LogP contribution in [-0.2, 0) is 11.3 Å². The van der Waals surface area contributed by atoms with E-state index in [0.717, 1.165) is 25.1 Å².